The molecule has 0 bridgehead atoms. The van der Waals surface area contributed by atoms with Crippen molar-refractivity contribution in [2.24, 2.45) is 5.41 Å². The predicted octanol–water partition coefficient (Wildman–Crippen LogP) is 3.86. The minimum atomic E-state index is -5.08. The van der Waals surface area contributed by atoms with Crippen LogP contribution in [0.25, 0.3) is 0 Å². The van der Waals surface area contributed by atoms with E-state index in [0.717, 1.165) is 51.6 Å². The van der Waals surface area contributed by atoms with Gasteiger partial charge in [0.15, 0.2) is 0 Å². The molecule has 4 heterocycles. The molecule has 9 nitrogen and oxygen atoms in total. The summed E-state index contributed by atoms with van der Waals surface area (Å²) in [5.74, 6) is -5.51. The Balaban J connectivity index is 0.000000317. The van der Waals surface area contributed by atoms with Gasteiger partial charge in [-0.25, -0.2) is 9.59 Å². The first kappa shape index (κ1) is 31.8. The lowest BCUT2D eigenvalue weighted by Gasteiger charge is -2.43. The highest BCUT2D eigenvalue weighted by molar-refractivity contribution is 5.73. The van der Waals surface area contributed by atoms with E-state index in [1.165, 1.54) is 18.5 Å². The minimum Gasteiger partial charge on any atom is -0.475 e. The molecule has 0 radical (unpaired) electrons. The fourth-order valence-corrected chi connectivity index (χ4v) is 4.17. The number of nitrogens with zero attached hydrogens (tertiary/aromatic N) is 4. The van der Waals surface area contributed by atoms with Gasteiger partial charge in [0.1, 0.15) is 0 Å². The van der Waals surface area contributed by atoms with E-state index >= 15 is 0 Å². The molecule has 1 spiro atoms. The van der Waals surface area contributed by atoms with Gasteiger partial charge in [0.05, 0.1) is 30.8 Å². The smallest absolute Gasteiger partial charge is 0.475 e. The van der Waals surface area contributed by atoms with Crippen molar-refractivity contribution in [1.29, 1.82) is 0 Å². The molecule has 0 aliphatic carbocycles. The molecule has 0 amide bonds. The normalized spacial score (nSPS) is 20.1. The van der Waals surface area contributed by atoms with E-state index in [0.29, 0.717) is 0 Å². The molecule has 2 aromatic rings. The average molecular weight is 566 g/mol. The van der Waals surface area contributed by atoms with Crippen molar-refractivity contribution in [3.05, 3.63) is 54.6 Å². The number of rotatable bonds is 3. The molecule has 2 aliphatic heterocycles. The third kappa shape index (κ3) is 11.0. The second-order valence-corrected chi connectivity index (χ2v) is 8.93. The van der Waals surface area contributed by atoms with Crippen LogP contribution in [0.3, 0.4) is 0 Å². The SMILES string of the molecule is O=C(O)C(F)(F)F.O=C(O)C(F)(F)F.c1ccc(CN2CCCC3(COCCN(c4cccnc4)C3)C2)nc1. The van der Waals surface area contributed by atoms with Crippen LogP contribution in [0.15, 0.2) is 48.9 Å². The summed E-state index contributed by atoms with van der Waals surface area (Å²) >= 11 is 0. The Bertz CT molecular complexity index is 1020. The fourth-order valence-electron chi connectivity index (χ4n) is 4.17. The number of carboxylic acid groups (broad SMARTS) is 2. The Labute approximate surface area is 220 Å². The van der Waals surface area contributed by atoms with Crippen LogP contribution in [0.4, 0.5) is 32.0 Å². The highest BCUT2D eigenvalue weighted by atomic mass is 19.4. The monoisotopic (exact) mass is 566 g/mol. The lowest BCUT2D eigenvalue weighted by molar-refractivity contribution is -0.193. The first-order valence-corrected chi connectivity index (χ1v) is 11.7. The molecule has 2 saturated heterocycles. The number of hydrogen-bond donors (Lipinski definition) is 2. The second kappa shape index (κ2) is 14.1. The van der Waals surface area contributed by atoms with Crippen LogP contribution < -0.4 is 4.90 Å². The number of piperidine rings is 1. The van der Waals surface area contributed by atoms with Gasteiger partial charge >= 0.3 is 24.3 Å². The molecule has 15 heteroatoms. The van der Waals surface area contributed by atoms with Gasteiger partial charge in [-0.05, 0) is 43.7 Å². The van der Waals surface area contributed by atoms with Crippen LogP contribution in [-0.2, 0) is 20.9 Å². The van der Waals surface area contributed by atoms with Crippen LogP contribution >= 0.6 is 0 Å². The van der Waals surface area contributed by atoms with E-state index in [2.05, 4.69) is 38.0 Å². The minimum absolute atomic E-state index is 0.194. The number of hydrogen-bond acceptors (Lipinski definition) is 7. The third-order valence-corrected chi connectivity index (χ3v) is 5.79. The van der Waals surface area contributed by atoms with Crippen LogP contribution in [0.2, 0.25) is 0 Å². The average Bonchev–Trinajstić information content (AvgIpc) is 3.07. The zero-order chi connectivity index (χ0) is 29.1. The summed E-state index contributed by atoms with van der Waals surface area (Å²) < 4.78 is 69.5. The van der Waals surface area contributed by atoms with Crippen LogP contribution in [0.5, 0.6) is 0 Å². The number of likely N-dealkylation sites (tertiary alicyclic amines) is 1. The topological polar surface area (TPSA) is 116 Å². The van der Waals surface area contributed by atoms with Crippen molar-refractivity contribution in [1.82, 2.24) is 14.9 Å². The molecule has 216 valence electrons. The number of anilines is 1. The van der Waals surface area contributed by atoms with Crippen LogP contribution in [0, 0.1) is 5.41 Å². The van der Waals surface area contributed by atoms with E-state index in [1.54, 1.807) is 0 Å². The Hall–Kier alpha value is -3.46. The molecule has 2 N–H and O–H groups in total. The fraction of sp³-hybridized carbons (Fsp3) is 0.500. The van der Waals surface area contributed by atoms with Crippen LogP contribution in [0.1, 0.15) is 18.5 Å². The summed E-state index contributed by atoms with van der Waals surface area (Å²) in [6.45, 7) is 6.76. The van der Waals surface area contributed by atoms with Gasteiger partial charge < -0.3 is 19.8 Å². The van der Waals surface area contributed by atoms with Gasteiger partial charge in [-0.15, -0.1) is 0 Å². The number of ether oxygens (including phenoxy) is 1. The molecule has 2 fully saturated rings. The standard InChI is InChI=1S/C20H26N4O.2C2HF3O2/c1-2-9-22-18(5-1)14-23-10-4-7-20(15-23)16-24(11-12-25-17-20)19-6-3-8-21-13-19;2*3-2(4,5)1(6)7/h1-3,5-6,8-9,13H,4,7,10-12,14-17H2;2*(H,6,7). The molecular weight excluding hydrogens is 538 g/mol. The number of aliphatic carboxylic acids is 2. The Kier molecular flexibility index (Phi) is 11.5. The Morgan fingerprint density at radius 1 is 0.949 bits per heavy atom. The largest absolute Gasteiger partial charge is 0.490 e. The molecule has 0 saturated carbocycles. The number of carboxylic acids is 2. The molecule has 2 aromatic heterocycles. The van der Waals surface area contributed by atoms with Crippen molar-refractivity contribution in [3.8, 4) is 0 Å². The quantitative estimate of drug-likeness (QED) is 0.535. The lowest BCUT2D eigenvalue weighted by Crippen LogP contribution is -2.50. The van der Waals surface area contributed by atoms with E-state index in [1.807, 2.05) is 30.7 Å². The van der Waals surface area contributed by atoms with Crippen molar-refractivity contribution < 1.29 is 50.9 Å². The summed E-state index contributed by atoms with van der Waals surface area (Å²) in [5.41, 5.74) is 2.55. The molecule has 1 atom stereocenters. The van der Waals surface area contributed by atoms with Crippen LogP contribution in [-0.4, -0.2) is 88.8 Å². The van der Waals surface area contributed by atoms with E-state index < -0.39 is 24.3 Å². The Morgan fingerprint density at radius 3 is 2.15 bits per heavy atom. The van der Waals surface area contributed by atoms with Gasteiger partial charge in [-0.3, -0.25) is 14.9 Å². The van der Waals surface area contributed by atoms with E-state index in [4.69, 9.17) is 24.5 Å². The highest BCUT2D eigenvalue weighted by Crippen LogP contribution is 2.34. The molecule has 4 rings (SSSR count). The third-order valence-electron chi connectivity index (χ3n) is 5.79. The lowest BCUT2D eigenvalue weighted by atomic mass is 9.80. The van der Waals surface area contributed by atoms with E-state index in [-0.39, 0.29) is 5.41 Å². The van der Waals surface area contributed by atoms with Crippen molar-refractivity contribution >= 4 is 17.6 Å². The molecule has 39 heavy (non-hydrogen) atoms. The van der Waals surface area contributed by atoms with Crippen molar-refractivity contribution in [3.63, 3.8) is 0 Å². The number of aromatic nitrogens is 2. The maximum Gasteiger partial charge on any atom is 0.490 e. The first-order valence-electron chi connectivity index (χ1n) is 11.7. The van der Waals surface area contributed by atoms with E-state index in [9.17, 15) is 26.3 Å². The highest BCUT2D eigenvalue weighted by Gasteiger charge is 2.40. The number of pyridine rings is 2. The van der Waals surface area contributed by atoms with Gasteiger partial charge in [-0.1, -0.05) is 6.07 Å². The van der Waals surface area contributed by atoms with Crippen molar-refractivity contribution in [2.75, 3.05) is 44.3 Å². The van der Waals surface area contributed by atoms with Gasteiger partial charge in [0.2, 0.25) is 0 Å². The molecule has 0 aromatic carbocycles. The summed E-state index contributed by atoms with van der Waals surface area (Å²) in [7, 11) is 0. The van der Waals surface area contributed by atoms with Gasteiger partial charge in [0, 0.05) is 44.0 Å². The molecular formula is C24H28F6N4O5. The molecule has 2 aliphatic rings. The summed E-state index contributed by atoms with van der Waals surface area (Å²) in [4.78, 5) is 31.6. The number of halogens is 6. The molecule has 1 unspecified atom stereocenters. The summed E-state index contributed by atoms with van der Waals surface area (Å²) in [5, 5.41) is 14.2. The maximum atomic E-state index is 10.6. The zero-order valence-corrected chi connectivity index (χ0v) is 20.7. The van der Waals surface area contributed by atoms with Gasteiger partial charge in [0.25, 0.3) is 0 Å². The van der Waals surface area contributed by atoms with Gasteiger partial charge in [-0.2, -0.15) is 26.3 Å². The zero-order valence-electron chi connectivity index (χ0n) is 20.7. The predicted molar refractivity (Wildman–Crippen MR) is 126 cm³/mol. The summed E-state index contributed by atoms with van der Waals surface area (Å²) in [6, 6.07) is 10.3. The summed E-state index contributed by atoms with van der Waals surface area (Å²) in [6.07, 6.45) is -2.04. The Morgan fingerprint density at radius 2 is 1.62 bits per heavy atom. The first-order chi connectivity index (χ1) is 18.2. The number of alkyl halides is 6. The maximum absolute atomic E-state index is 10.6. The van der Waals surface area contributed by atoms with Crippen molar-refractivity contribution in [2.45, 2.75) is 31.7 Å². The second-order valence-electron chi connectivity index (χ2n) is 8.93. The number of carbonyl (C=O) groups is 2.